The van der Waals surface area contributed by atoms with Crippen LogP contribution in [0, 0.1) is 0 Å². The van der Waals surface area contributed by atoms with Crippen LogP contribution >= 0.6 is 11.6 Å². The molecule has 8 N–H and O–H groups in total. The van der Waals surface area contributed by atoms with Crippen molar-refractivity contribution >= 4 is 46.7 Å². The van der Waals surface area contributed by atoms with E-state index >= 15 is 0 Å². The lowest BCUT2D eigenvalue weighted by Gasteiger charge is -2.38. The number of carbonyl (C=O) groups is 3. The van der Waals surface area contributed by atoms with Crippen LogP contribution < -0.4 is 33.1 Å². The van der Waals surface area contributed by atoms with Crippen molar-refractivity contribution in [1.82, 2.24) is 20.5 Å². The fraction of sp³-hybridized carbons (Fsp3) is 0.500. The third kappa shape index (κ3) is 6.33. The Morgan fingerprint density at radius 3 is 2.57 bits per heavy atom. The zero-order valence-electron chi connectivity index (χ0n) is 24.2. The number of rotatable bonds is 7. The van der Waals surface area contributed by atoms with Crippen molar-refractivity contribution in [1.29, 1.82) is 0 Å². The number of benzene rings is 1. The summed E-state index contributed by atoms with van der Waals surface area (Å²) in [6.45, 7) is 4.05. The zero-order chi connectivity index (χ0) is 31.4. The maximum absolute atomic E-state index is 13.1. The first kappa shape index (κ1) is 30.8. The Bertz CT molecular complexity index is 1480. The molecule has 44 heavy (non-hydrogen) atoms. The van der Waals surface area contributed by atoms with Gasteiger partial charge < -0.3 is 32.1 Å². The molecule has 18 heteroatoms. The average molecular weight is 627 g/mol. The van der Waals surface area contributed by atoms with E-state index in [0.29, 0.717) is 39.0 Å². The number of aliphatic imine (C=N–C) groups is 2. The number of likely N-dealkylation sites (tertiary alicyclic amines) is 1. The number of amides is 3. The normalized spacial score (nSPS) is 22.2. The maximum atomic E-state index is 13.1. The van der Waals surface area contributed by atoms with E-state index < -0.39 is 17.6 Å². The Kier molecular flexibility index (Phi) is 9.05. The molecule has 1 unspecified atom stereocenters. The molecule has 0 aliphatic carbocycles. The molecule has 2 saturated heterocycles. The number of fused-ring (bicyclic) bond motifs is 1. The fourth-order valence-electron chi connectivity index (χ4n) is 5.82. The zero-order valence-corrected chi connectivity index (χ0v) is 25.0. The van der Waals surface area contributed by atoms with Crippen LogP contribution in [0.2, 0.25) is 0 Å². The summed E-state index contributed by atoms with van der Waals surface area (Å²) in [5.74, 6) is 15.7. The fourth-order valence-corrected chi connectivity index (χ4v) is 6.01. The molecule has 17 nitrogen and oxygen atoms in total. The summed E-state index contributed by atoms with van der Waals surface area (Å²) in [6.07, 6.45) is 2.09. The summed E-state index contributed by atoms with van der Waals surface area (Å²) in [6, 6.07) is 6.22. The van der Waals surface area contributed by atoms with Gasteiger partial charge in [0.05, 0.1) is 12.1 Å². The van der Waals surface area contributed by atoms with Crippen molar-refractivity contribution in [3.8, 4) is 0 Å². The number of guanidine groups is 1. The van der Waals surface area contributed by atoms with Crippen molar-refractivity contribution < 1.29 is 14.4 Å². The van der Waals surface area contributed by atoms with Gasteiger partial charge in [0.2, 0.25) is 17.8 Å². The van der Waals surface area contributed by atoms with E-state index in [1.807, 2.05) is 6.07 Å². The van der Waals surface area contributed by atoms with Gasteiger partial charge in [0, 0.05) is 38.2 Å². The van der Waals surface area contributed by atoms with Crippen LogP contribution in [0.3, 0.4) is 0 Å². The van der Waals surface area contributed by atoms with E-state index in [0.717, 1.165) is 18.5 Å². The largest absolute Gasteiger partial charge is 0.347 e. The Hall–Kier alpha value is -4.64. The molecule has 4 aliphatic heterocycles. The summed E-state index contributed by atoms with van der Waals surface area (Å²) in [5, 5.41) is 20.8. The van der Waals surface area contributed by atoms with Gasteiger partial charge >= 0.3 is 0 Å². The van der Waals surface area contributed by atoms with Gasteiger partial charge in [0.1, 0.15) is 0 Å². The minimum absolute atomic E-state index is 0.0216. The van der Waals surface area contributed by atoms with Crippen molar-refractivity contribution in [3.05, 3.63) is 40.3 Å². The minimum atomic E-state index is -1.13. The molecular weight excluding hydrogens is 592 g/mol. The van der Waals surface area contributed by atoms with Gasteiger partial charge in [-0.25, -0.2) is 10.8 Å². The summed E-state index contributed by atoms with van der Waals surface area (Å²) >= 11 is 6.08. The third-order valence-corrected chi connectivity index (χ3v) is 8.47. The minimum Gasteiger partial charge on any atom is -0.347 e. The number of hydrazine groups is 1. The van der Waals surface area contributed by atoms with E-state index in [1.54, 1.807) is 9.80 Å². The van der Waals surface area contributed by atoms with Crippen LogP contribution in [0.25, 0.3) is 0 Å². The Labute approximate surface area is 258 Å². The highest BCUT2D eigenvalue weighted by Gasteiger charge is 2.44. The topological polar surface area (TPSA) is 237 Å². The lowest BCUT2D eigenvalue weighted by atomic mass is 9.88. The average Bonchev–Trinajstić information content (AvgIpc) is 3.57. The Balaban J connectivity index is 1.16. The molecule has 234 valence electrons. The Morgan fingerprint density at radius 2 is 1.86 bits per heavy atom. The Morgan fingerprint density at radius 1 is 1.11 bits per heavy atom. The molecule has 2 fully saturated rings. The molecule has 4 heterocycles. The van der Waals surface area contributed by atoms with Crippen molar-refractivity contribution in [2.24, 2.45) is 48.2 Å². The van der Waals surface area contributed by atoms with E-state index in [2.05, 4.69) is 60.3 Å². The highest BCUT2D eigenvalue weighted by atomic mass is 35.5. The predicted molar refractivity (Wildman–Crippen MR) is 161 cm³/mol. The second kappa shape index (κ2) is 12.9. The van der Waals surface area contributed by atoms with Crippen LogP contribution in [-0.4, -0.2) is 77.2 Å². The lowest BCUT2D eigenvalue weighted by Crippen LogP contribution is -2.54. The van der Waals surface area contributed by atoms with E-state index in [4.69, 9.17) is 29.1 Å². The smallest absolute Gasteiger partial charge is 0.298 e. The first-order chi connectivity index (χ1) is 21.2. The number of hydrogen-bond donors (Lipinski definition) is 5. The molecule has 0 saturated carbocycles. The highest BCUT2D eigenvalue weighted by molar-refractivity contribution is 6.44. The van der Waals surface area contributed by atoms with E-state index in [-0.39, 0.29) is 47.3 Å². The van der Waals surface area contributed by atoms with E-state index in [9.17, 15) is 14.4 Å². The first-order valence-electron chi connectivity index (χ1n) is 14.3. The first-order valence-corrected chi connectivity index (χ1v) is 14.6. The second-order valence-electron chi connectivity index (χ2n) is 10.9. The molecule has 1 aromatic rings. The molecule has 0 bridgehead atoms. The molecule has 0 aromatic heterocycles. The van der Waals surface area contributed by atoms with Crippen LogP contribution in [-0.2, 0) is 27.2 Å². The number of nitrogens with two attached hydrogens (primary N) is 3. The standard InChI is InChI=1S/C26H35ClN14O3/c1-2-15-3-4-17-16(13-15)7-10-40(17)19(43)6-5-18(42)39-11-8-26(9-12-39)14-41(30)25(34-26)33-24(44)20-22(35-37-28)32-23(36-38-29)21(27)31-20/h3-4,13,22,32H,2,5-12,14,30H2,1H3,(H2,28,35)(H2,29,36)(H,33,34,44). The number of nitrogens with zero attached hydrogens (tertiary/aromatic N) is 9. The molecule has 3 amide bonds. The highest BCUT2D eigenvalue weighted by Crippen LogP contribution is 2.31. The van der Waals surface area contributed by atoms with Gasteiger partial charge in [-0.1, -0.05) is 41.1 Å². The molecule has 0 radical (unpaired) electrons. The van der Waals surface area contributed by atoms with Gasteiger partial charge in [-0.05, 0) is 42.9 Å². The number of piperidine rings is 1. The van der Waals surface area contributed by atoms with Gasteiger partial charge in [0.15, 0.2) is 22.9 Å². The number of anilines is 1. The molecule has 5 rings (SSSR count). The summed E-state index contributed by atoms with van der Waals surface area (Å²) in [4.78, 5) is 50.8. The molecule has 1 spiro atoms. The van der Waals surface area contributed by atoms with Gasteiger partial charge in [-0.2, -0.15) is 4.99 Å². The van der Waals surface area contributed by atoms with Gasteiger partial charge in [-0.15, -0.1) is 10.2 Å². The number of halogens is 1. The molecule has 1 atom stereocenters. The number of aryl methyl sites for hydroxylation is 1. The van der Waals surface area contributed by atoms with Crippen LogP contribution in [0.5, 0.6) is 0 Å². The SMILES string of the molecule is CCc1ccc2c(c1)CCN2C(=O)CCC(=O)N1CCC2(CC1)CN(N)/C(=N\C(=O)C1=NC(Cl)=C(N=NN)NC1N=NN)N2. The molecular formula is C26H35ClN14O3. The van der Waals surface area contributed by atoms with Crippen LogP contribution in [0.4, 0.5) is 5.69 Å². The van der Waals surface area contributed by atoms with Crippen LogP contribution in [0.15, 0.2) is 59.8 Å². The monoisotopic (exact) mass is 626 g/mol. The number of hydrogen-bond acceptors (Lipinski definition) is 10. The van der Waals surface area contributed by atoms with Gasteiger partial charge in [-0.3, -0.25) is 19.4 Å². The summed E-state index contributed by atoms with van der Waals surface area (Å²) < 4.78 is 0. The number of carbonyl (C=O) groups excluding carboxylic acids is 3. The third-order valence-electron chi connectivity index (χ3n) is 8.21. The second-order valence-corrected chi connectivity index (χ2v) is 11.3. The summed E-state index contributed by atoms with van der Waals surface area (Å²) in [5.41, 5.74) is 2.70. The molecule has 4 aliphatic rings. The quantitative estimate of drug-likeness (QED) is 0.121. The van der Waals surface area contributed by atoms with Gasteiger partial charge in [0.25, 0.3) is 5.91 Å². The van der Waals surface area contributed by atoms with Crippen molar-refractivity contribution in [3.63, 3.8) is 0 Å². The summed E-state index contributed by atoms with van der Waals surface area (Å²) in [7, 11) is 0. The maximum Gasteiger partial charge on any atom is 0.298 e. The van der Waals surface area contributed by atoms with E-state index in [1.165, 1.54) is 16.1 Å². The van der Waals surface area contributed by atoms with Crippen molar-refractivity contribution in [2.45, 2.75) is 57.2 Å². The molecule has 1 aromatic carbocycles. The number of nitrogens with one attached hydrogen (secondary N) is 2. The van der Waals surface area contributed by atoms with Crippen LogP contribution in [0.1, 0.15) is 43.7 Å². The lowest BCUT2D eigenvalue weighted by molar-refractivity contribution is -0.134. The van der Waals surface area contributed by atoms with Crippen molar-refractivity contribution in [2.75, 3.05) is 31.1 Å². The predicted octanol–water partition coefficient (Wildman–Crippen LogP) is 0.329.